The van der Waals surface area contributed by atoms with E-state index in [1.54, 1.807) is 6.07 Å². The van der Waals surface area contributed by atoms with Crippen molar-refractivity contribution in [3.63, 3.8) is 0 Å². The number of aryl methyl sites for hydroxylation is 1. The summed E-state index contributed by atoms with van der Waals surface area (Å²) in [6.07, 6.45) is 0. The van der Waals surface area contributed by atoms with Gasteiger partial charge in [-0.3, -0.25) is 0 Å². The second-order valence-electron chi connectivity index (χ2n) is 6.29. The standard InChI is InChI=1S/C20H13F3O3S/c1-12-6-8-16-17-9-7-13(26-27(24,25)20(21,22)23)11-19(17)15-5-3-2-4-14(15)18(16)10-12/h2-11H,1H3. The Kier molecular flexibility index (Phi) is 3.82. The van der Waals surface area contributed by atoms with E-state index in [1.165, 1.54) is 12.1 Å². The zero-order valence-corrected chi connectivity index (χ0v) is 14.9. The van der Waals surface area contributed by atoms with Gasteiger partial charge >= 0.3 is 15.6 Å². The minimum atomic E-state index is -5.72. The van der Waals surface area contributed by atoms with Gasteiger partial charge in [0.1, 0.15) is 5.75 Å². The molecule has 0 saturated heterocycles. The molecule has 0 aliphatic carbocycles. The van der Waals surface area contributed by atoms with E-state index < -0.39 is 15.6 Å². The third-order valence-electron chi connectivity index (χ3n) is 4.45. The predicted octanol–water partition coefficient (Wildman–Crippen LogP) is 5.68. The summed E-state index contributed by atoms with van der Waals surface area (Å²) >= 11 is 0. The normalized spacial score (nSPS) is 12.7. The quantitative estimate of drug-likeness (QED) is 0.251. The maximum atomic E-state index is 12.6. The Morgan fingerprint density at radius 3 is 1.85 bits per heavy atom. The molecule has 0 heterocycles. The molecule has 7 heteroatoms. The Bertz CT molecular complexity index is 1290. The van der Waals surface area contributed by atoms with E-state index in [-0.39, 0.29) is 5.75 Å². The van der Waals surface area contributed by atoms with Gasteiger partial charge in [-0.2, -0.15) is 21.6 Å². The smallest absolute Gasteiger partial charge is 0.376 e. The number of alkyl halides is 3. The molecule has 4 rings (SSSR count). The lowest BCUT2D eigenvalue weighted by molar-refractivity contribution is -0.0500. The lowest BCUT2D eigenvalue weighted by atomic mass is 9.93. The van der Waals surface area contributed by atoms with Crippen molar-refractivity contribution in [2.45, 2.75) is 12.4 Å². The molecule has 0 N–H and O–H groups in total. The fourth-order valence-corrected chi connectivity index (χ4v) is 3.73. The second-order valence-corrected chi connectivity index (χ2v) is 7.82. The first-order valence-electron chi connectivity index (χ1n) is 8.03. The van der Waals surface area contributed by atoms with E-state index >= 15 is 0 Å². The minimum absolute atomic E-state index is 0.378. The fraction of sp³-hybridized carbons (Fsp3) is 0.100. The molecule has 138 valence electrons. The molecule has 0 bridgehead atoms. The second kappa shape index (κ2) is 5.85. The Morgan fingerprint density at radius 1 is 0.741 bits per heavy atom. The molecule has 0 fully saturated rings. The zero-order chi connectivity index (χ0) is 19.4. The summed E-state index contributed by atoms with van der Waals surface area (Å²) < 4.78 is 64.8. The van der Waals surface area contributed by atoms with Crippen LogP contribution >= 0.6 is 0 Å². The van der Waals surface area contributed by atoms with Crippen molar-refractivity contribution in [1.82, 2.24) is 0 Å². The third kappa shape index (κ3) is 2.88. The van der Waals surface area contributed by atoms with E-state index in [2.05, 4.69) is 10.2 Å². The summed E-state index contributed by atoms with van der Waals surface area (Å²) in [6, 6.07) is 17.6. The molecule has 0 saturated carbocycles. The predicted molar refractivity (Wildman–Crippen MR) is 99.3 cm³/mol. The monoisotopic (exact) mass is 390 g/mol. The molecule has 0 aliphatic heterocycles. The average molecular weight is 390 g/mol. The number of benzene rings is 4. The number of rotatable bonds is 2. The summed E-state index contributed by atoms with van der Waals surface area (Å²) in [7, 11) is -5.72. The van der Waals surface area contributed by atoms with Crippen LogP contribution in [0, 0.1) is 6.92 Å². The van der Waals surface area contributed by atoms with Crippen LogP contribution < -0.4 is 4.18 Å². The van der Waals surface area contributed by atoms with Crippen LogP contribution in [0.1, 0.15) is 5.56 Å². The van der Waals surface area contributed by atoms with Gasteiger partial charge in [0.25, 0.3) is 0 Å². The van der Waals surface area contributed by atoms with E-state index in [0.717, 1.165) is 32.5 Å². The lowest BCUT2D eigenvalue weighted by Gasteiger charge is -2.13. The highest BCUT2D eigenvalue weighted by Gasteiger charge is 2.48. The maximum absolute atomic E-state index is 12.6. The summed E-state index contributed by atoms with van der Waals surface area (Å²) in [5.74, 6) is -0.378. The average Bonchev–Trinajstić information content (AvgIpc) is 2.60. The highest BCUT2D eigenvalue weighted by molar-refractivity contribution is 7.88. The van der Waals surface area contributed by atoms with E-state index in [0.29, 0.717) is 5.39 Å². The van der Waals surface area contributed by atoms with Crippen molar-refractivity contribution in [1.29, 1.82) is 0 Å². The molecular formula is C20H13F3O3S. The molecule has 4 aromatic carbocycles. The first kappa shape index (κ1) is 17.6. The zero-order valence-electron chi connectivity index (χ0n) is 14.0. The van der Waals surface area contributed by atoms with E-state index in [4.69, 9.17) is 0 Å². The highest BCUT2D eigenvalue weighted by Crippen LogP contribution is 2.37. The van der Waals surface area contributed by atoms with Crippen molar-refractivity contribution >= 4 is 42.4 Å². The topological polar surface area (TPSA) is 43.4 Å². The van der Waals surface area contributed by atoms with Crippen LogP contribution in [0.3, 0.4) is 0 Å². The summed E-state index contributed by atoms with van der Waals surface area (Å²) in [5, 5.41) is 5.12. The van der Waals surface area contributed by atoms with Gasteiger partial charge < -0.3 is 4.18 Å². The van der Waals surface area contributed by atoms with Gasteiger partial charge in [-0.25, -0.2) is 0 Å². The van der Waals surface area contributed by atoms with E-state index in [1.807, 2.05) is 43.3 Å². The number of halogens is 3. The van der Waals surface area contributed by atoms with Crippen molar-refractivity contribution in [3.05, 3.63) is 66.2 Å². The maximum Gasteiger partial charge on any atom is 0.534 e. The fourth-order valence-electron chi connectivity index (χ4n) is 3.28. The van der Waals surface area contributed by atoms with Crippen molar-refractivity contribution < 1.29 is 25.8 Å². The summed E-state index contributed by atoms with van der Waals surface area (Å²) in [4.78, 5) is 0. The number of hydrogen-bond acceptors (Lipinski definition) is 3. The molecule has 0 aromatic heterocycles. The Labute approximate surface area is 153 Å². The van der Waals surface area contributed by atoms with E-state index in [9.17, 15) is 21.6 Å². The lowest BCUT2D eigenvalue weighted by Crippen LogP contribution is -2.28. The third-order valence-corrected chi connectivity index (χ3v) is 5.43. The minimum Gasteiger partial charge on any atom is -0.376 e. The van der Waals surface area contributed by atoms with Gasteiger partial charge in [-0.1, -0.05) is 48.0 Å². The SMILES string of the molecule is Cc1ccc2c3ccc(OS(=O)(=O)C(F)(F)F)cc3c3ccccc3c2c1. The molecule has 0 radical (unpaired) electrons. The van der Waals surface area contributed by atoms with Gasteiger partial charge in [0.15, 0.2) is 0 Å². The number of hydrogen-bond donors (Lipinski definition) is 0. The van der Waals surface area contributed by atoms with Crippen LogP contribution in [0.2, 0.25) is 0 Å². The van der Waals surface area contributed by atoms with Gasteiger partial charge in [-0.05, 0) is 57.4 Å². The van der Waals surface area contributed by atoms with Crippen LogP contribution in [-0.4, -0.2) is 13.9 Å². The Hall–Kier alpha value is -2.80. The highest BCUT2D eigenvalue weighted by atomic mass is 32.2. The van der Waals surface area contributed by atoms with Crippen LogP contribution in [0.15, 0.2) is 60.7 Å². The van der Waals surface area contributed by atoms with Crippen molar-refractivity contribution in [2.75, 3.05) is 0 Å². The molecule has 0 aliphatic rings. The van der Waals surface area contributed by atoms with Crippen molar-refractivity contribution in [3.8, 4) is 5.75 Å². The Morgan fingerprint density at radius 2 is 1.26 bits per heavy atom. The first-order chi connectivity index (χ1) is 12.7. The molecule has 0 atom stereocenters. The molecule has 4 aromatic rings. The largest absolute Gasteiger partial charge is 0.534 e. The van der Waals surface area contributed by atoms with Crippen molar-refractivity contribution in [2.24, 2.45) is 0 Å². The Balaban J connectivity index is 2.04. The van der Waals surface area contributed by atoms with Crippen LogP contribution in [0.25, 0.3) is 32.3 Å². The molecule has 0 unspecified atom stereocenters. The first-order valence-corrected chi connectivity index (χ1v) is 9.44. The summed E-state index contributed by atoms with van der Waals surface area (Å²) in [5.41, 5.74) is -4.39. The van der Waals surface area contributed by atoms with Gasteiger partial charge in [0.2, 0.25) is 0 Å². The van der Waals surface area contributed by atoms with Gasteiger partial charge in [-0.15, -0.1) is 0 Å². The molecule has 0 amide bonds. The number of fused-ring (bicyclic) bond motifs is 6. The van der Waals surface area contributed by atoms with Crippen LogP contribution in [-0.2, 0) is 10.1 Å². The van der Waals surface area contributed by atoms with Gasteiger partial charge in [0, 0.05) is 0 Å². The molecule has 0 spiro atoms. The van der Waals surface area contributed by atoms with Crippen LogP contribution in [0.4, 0.5) is 13.2 Å². The summed E-state index contributed by atoms with van der Waals surface area (Å²) in [6.45, 7) is 1.98. The van der Waals surface area contributed by atoms with Gasteiger partial charge in [0.05, 0.1) is 0 Å². The molecular weight excluding hydrogens is 377 g/mol. The van der Waals surface area contributed by atoms with Crippen LogP contribution in [0.5, 0.6) is 5.75 Å². The molecule has 3 nitrogen and oxygen atoms in total. The molecule has 27 heavy (non-hydrogen) atoms.